The number of rotatable bonds is 8. The van der Waals surface area contributed by atoms with Crippen molar-refractivity contribution in [1.29, 1.82) is 0 Å². The van der Waals surface area contributed by atoms with Gasteiger partial charge in [-0.3, -0.25) is 4.99 Å². The molecule has 0 spiro atoms. The Morgan fingerprint density at radius 1 is 1.16 bits per heavy atom. The lowest BCUT2D eigenvalue weighted by atomic mass is 10.2. The molecule has 0 saturated carbocycles. The highest BCUT2D eigenvalue weighted by Crippen LogP contribution is 2.20. The molecule has 0 saturated heterocycles. The van der Waals surface area contributed by atoms with Crippen molar-refractivity contribution < 1.29 is 18.0 Å². The highest BCUT2D eigenvalue weighted by Gasteiger charge is 2.09. The summed E-state index contributed by atoms with van der Waals surface area (Å²) in [5.74, 6) is 0.0850. The van der Waals surface area contributed by atoms with E-state index < -0.39 is 11.6 Å². The first kappa shape index (κ1) is 24.8. The zero-order chi connectivity index (χ0) is 21.3. The highest BCUT2D eigenvalue weighted by atomic mass is 127. The molecule has 0 fully saturated rings. The van der Waals surface area contributed by atoms with E-state index in [0.29, 0.717) is 42.2 Å². The van der Waals surface area contributed by atoms with Gasteiger partial charge in [0.15, 0.2) is 17.5 Å². The van der Waals surface area contributed by atoms with E-state index in [2.05, 4.69) is 25.8 Å². The molecule has 166 valence electrons. The predicted molar refractivity (Wildman–Crippen MR) is 125 cm³/mol. The van der Waals surface area contributed by atoms with Crippen molar-refractivity contribution in [2.45, 2.75) is 6.42 Å². The number of halogens is 4. The van der Waals surface area contributed by atoms with Crippen LogP contribution in [0.5, 0.6) is 5.75 Å². The maximum atomic E-state index is 13.5. The van der Waals surface area contributed by atoms with Crippen LogP contribution < -0.4 is 15.4 Å². The fraction of sp³-hybridized carbons (Fsp3) is 0.250. The summed E-state index contributed by atoms with van der Waals surface area (Å²) in [5.41, 5.74) is 0.778. The van der Waals surface area contributed by atoms with Gasteiger partial charge in [-0.2, -0.15) is 4.98 Å². The summed E-state index contributed by atoms with van der Waals surface area (Å²) in [6, 6.07) is 10.4. The minimum atomic E-state index is -0.741. The first-order chi connectivity index (χ1) is 14.5. The van der Waals surface area contributed by atoms with Crippen LogP contribution in [0.15, 0.2) is 52.0 Å². The third-order valence-corrected chi connectivity index (χ3v) is 4.19. The Labute approximate surface area is 200 Å². The quantitative estimate of drug-likeness (QED) is 0.186. The second-order valence-electron chi connectivity index (χ2n) is 6.12. The van der Waals surface area contributed by atoms with E-state index in [4.69, 9.17) is 20.9 Å². The molecule has 0 bridgehead atoms. The predicted octanol–water partition coefficient (Wildman–Crippen LogP) is 4.07. The molecule has 0 radical (unpaired) electrons. The zero-order valence-electron chi connectivity index (χ0n) is 16.6. The number of aromatic nitrogens is 2. The van der Waals surface area contributed by atoms with Crippen LogP contribution in [0.3, 0.4) is 0 Å². The van der Waals surface area contributed by atoms with Crippen molar-refractivity contribution in [1.82, 2.24) is 20.8 Å². The van der Waals surface area contributed by atoms with Crippen LogP contribution in [-0.2, 0) is 6.42 Å². The normalized spacial score (nSPS) is 11.0. The fourth-order valence-corrected chi connectivity index (χ4v) is 2.72. The Kier molecular flexibility index (Phi) is 9.92. The summed E-state index contributed by atoms with van der Waals surface area (Å²) in [5, 5.41) is 10.7. The Morgan fingerprint density at radius 2 is 1.97 bits per heavy atom. The third-order valence-electron chi connectivity index (χ3n) is 3.95. The van der Waals surface area contributed by atoms with Crippen LogP contribution in [0.25, 0.3) is 11.4 Å². The summed E-state index contributed by atoms with van der Waals surface area (Å²) in [6.07, 6.45) is 0.492. The van der Waals surface area contributed by atoms with E-state index in [0.717, 1.165) is 17.7 Å². The molecule has 0 aliphatic rings. The lowest BCUT2D eigenvalue weighted by Gasteiger charge is -2.12. The van der Waals surface area contributed by atoms with Crippen LogP contribution in [0.1, 0.15) is 5.89 Å². The summed E-state index contributed by atoms with van der Waals surface area (Å²) in [6.45, 7) is 1.05. The maximum Gasteiger partial charge on any atom is 0.228 e. The van der Waals surface area contributed by atoms with Gasteiger partial charge in [-0.1, -0.05) is 28.9 Å². The summed E-state index contributed by atoms with van der Waals surface area (Å²) < 4.78 is 36.9. The average molecular weight is 564 g/mol. The minimum absolute atomic E-state index is 0. The number of benzene rings is 2. The Morgan fingerprint density at radius 3 is 2.71 bits per heavy atom. The highest BCUT2D eigenvalue weighted by molar-refractivity contribution is 14.0. The van der Waals surface area contributed by atoms with E-state index in [1.807, 2.05) is 12.1 Å². The van der Waals surface area contributed by atoms with Crippen molar-refractivity contribution in [3.8, 4) is 17.1 Å². The number of nitrogens with zero attached hydrogens (tertiary/aromatic N) is 3. The van der Waals surface area contributed by atoms with Crippen LogP contribution in [0, 0.1) is 11.6 Å². The van der Waals surface area contributed by atoms with Gasteiger partial charge in [0.05, 0.1) is 6.54 Å². The summed E-state index contributed by atoms with van der Waals surface area (Å²) >= 11 is 5.98. The van der Waals surface area contributed by atoms with Gasteiger partial charge in [0.1, 0.15) is 12.4 Å². The molecule has 1 aromatic heterocycles. The maximum absolute atomic E-state index is 13.5. The first-order valence-corrected chi connectivity index (χ1v) is 9.54. The van der Waals surface area contributed by atoms with E-state index in [1.165, 1.54) is 6.07 Å². The third kappa shape index (κ3) is 7.62. The molecular formula is C20H21ClF2IN5O2. The molecule has 1 heterocycles. The van der Waals surface area contributed by atoms with E-state index >= 15 is 0 Å². The molecular weight excluding hydrogens is 543 g/mol. The van der Waals surface area contributed by atoms with E-state index in [1.54, 1.807) is 19.2 Å². The standard InChI is InChI=1S/C20H20ClF2N5O2.HI/c1-24-20(26-9-10-29-17-6-5-15(22)12-16(17)23)25-8-7-18-27-19(28-30-18)13-3-2-4-14(21)11-13;/h2-6,11-12H,7-10H2,1H3,(H2,24,25,26);1H. The number of aliphatic imine (C=N–C) groups is 1. The topological polar surface area (TPSA) is 84.6 Å². The van der Waals surface area contributed by atoms with Gasteiger partial charge in [0, 0.05) is 36.7 Å². The lowest BCUT2D eigenvalue weighted by Crippen LogP contribution is -2.40. The second kappa shape index (κ2) is 12.4. The molecule has 0 amide bonds. The molecule has 31 heavy (non-hydrogen) atoms. The molecule has 2 aromatic carbocycles. The zero-order valence-corrected chi connectivity index (χ0v) is 19.7. The number of hydrogen-bond donors (Lipinski definition) is 2. The molecule has 7 nitrogen and oxygen atoms in total. The van der Waals surface area contributed by atoms with E-state index in [-0.39, 0.29) is 36.3 Å². The fourth-order valence-electron chi connectivity index (χ4n) is 2.53. The number of nitrogens with one attached hydrogen (secondary N) is 2. The number of hydrogen-bond acceptors (Lipinski definition) is 5. The van der Waals surface area contributed by atoms with Gasteiger partial charge in [-0.05, 0) is 24.3 Å². The van der Waals surface area contributed by atoms with Crippen molar-refractivity contribution in [3.05, 3.63) is 65.0 Å². The molecule has 3 aromatic rings. The Balaban J connectivity index is 0.00000341. The van der Waals surface area contributed by atoms with Gasteiger partial charge in [-0.15, -0.1) is 24.0 Å². The average Bonchev–Trinajstić information content (AvgIpc) is 3.20. The van der Waals surface area contributed by atoms with Crippen LogP contribution in [0.4, 0.5) is 8.78 Å². The van der Waals surface area contributed by atoms with Crippen molar-refractivity contribution in [2.75, 3.05) is 26.7 Å². The van der Waals surface area contributed by atoms with Gasteiger partial charge in [-0.25, -0.2) is 8.78 Å². The van der Waals surface area contributed by atoms with E-state index in [9.17, 15) is 8.78 Å². The van der Waals surface area contributed by atoms with Gasteiger partial charge >= 0.3 is 0 Å². The van der Waals surface area contributed by atoms with Gasteiger partial charge in [0.25, 0.3) is 0 Å². The Bertz CT molecular complexity index is 1020. The first-order valence-electron chi connectivity index (χ1n) is 9.16. The van der Waals surface area contributed by atoms with Crippen LogP contribution >= 0.6 is 35.6 Å². The Hall–Kier alpha value is -2.47. The van der Waals surface area contributed by atoms with Crippen LogP contribution in [-0.4, -0.2) is 42.8 Å². The molecule has 11 heteroatoms. The number of ether oxygens (including phenoxy) is 1. The summed E-state index contributed by atoms with van der Waals surface area (Å²) in [4.78, 5) is 8.44. The second-order valence-corrected chi connectivity index (χ2v) is 6.56. The lowest BCUT2D eigenvalue weighted by molar-refractivity contribution is 0.304. The SMILES string of the molecule is CN=C(NCCOc1ccc(F)cc1F)NCCc1nc(-c2cccc(Cl)c2)no1.I. The molecule has 0 aliphatic heterocycles. The van der Waals surface area contributed by atoms with Crippen molar-refractivity contribution >= 4 is 41.5 Å². The van der Waals surface area contributed by atoms with Crippen LogP contribution in [0.2, 0.25) is 5.02 Å². The van der Waals surface area contributed by atoms with Gasteiger partial charge in [0.2, 0.25) is 11.7 Å². The van der Waals surface area contributed by atoms with Gasteiger partial charge < -0.3 is 19.9 Å². The van der Waals surface area contributed by atoms with Crippen molar-refractivity contribution in [2.24, 2.45) is 4.99 Å². The summed E-state index contributed by atoms with van der Waals surface area (Å²) in [7, 11) is 1.62. The smallest absolute Gasteiger partial charge is 0.228 e. The number of guanidine groups is 1. The van der Waals surface area contributed by atoms with Crippen molar-refractivity contribution in [3.63, 3.8) is 0 Å². The molecule has 0 unspecified atom stereocenters. The molecule has 3 rings (SSSR count). The monoisotopic (exact) mass is 563 g/mol. The molecule has 0 atom stereocenters. The largest absolute Gasteiger partial charge is 0.489 e. The molecule has 0 aliphatic carbocycles. The minimum Gasteiger partial charge on any atom is -0.489 e. The molecule has 2 N–H and O–H groups in total.